The summed E-state index contributed by atoms with van der Waals surface area (Å²) in [5.74, 6) is 0. The van der Waals surface area contributed by atoms with E-state index in [0.717, 1.165) is 5.69 Å². The Balaban J connectivity index is 0.000000659. The molecule has 0 atom stereocenters. The summed E-state index contributed by atoms with van der Waals surface area (Å²) in [7, 11) is 0. The molecule has 0 aliphatic carbocycles. The van der Waals surface area contributed by atoms with Crippen molar-refractivity contribution in [2.75, 3.05) is 11.0 Å². The summed E-state index contributed by atoms with van der Waals surface area (Å²) in [5.41, 5.74) is 2.47. The van der Waals surface area contributed by atoms with Crippen LogP contribution in [-0.4, -0.2) is 6.26 Å². The fraction of sp³-hybridized carbons (Fsp3) is 0.375. The van der Waals surface area contributed by atoms with Crippen LogP contribution >= 0.6 is 11.9 Å². The lowest BCUT2D eigenvalue weighted by atomic mass is 10.1. The normalized spacial score (nSPS) is 8.78. The molecule has 0 bridgehead atoms. The molecule has 0 unspecified atom stereocenters. The molecule has 2 rings (SSSR count). The summed E-state index contributed by atoms with van der Waals surface area (Å²) in [6.45, 7) is 10.1. The predicted molar refractivity (Wildman–Crippen MR) is 88.5 cm³/mol. The van der Waals surface area contributed by atoms with Gasteiger partial charge in [0.05, 0.1) is 0 Å². The van der Waals surface area contributed by atoms with E-state index in [2.05, 4.69) is 48.0 Å². The number of hydrogen-bond acceptors (Lipinski definition) is 2. The summed E-state index contributed by atoms with van der Waals surface area (Å²) in [6, 6.07) is 12.9. The van der Waals surface area contributed by atoms with E-state index in [9.17, 15) is 0 Å². The summed E-state index contributed by atoms with van der Waals surface area (Å²) >= 11 is 1.62. The molecule has 0 aliphatic heterocycles. The Hall–Kier alpha value is -1.15. The lowest BCUT2D eigenvalue weighted by Gasteiger charge is -2.04. The topological polar surface area (TPSA) is 12.0 Å². The Morgan fingerprint density at radius 3 is 2.00 bits per heavy atom. The predicted octanol–water partition coefficient (Wildman–Crippen LogP) is 5.89. The van der Waals surface area contributed by atoms with Gasteiger partial charge in [0.1, 0.15) is 0 Å². The number of rotatable bonds is 2. The zero-order chi connectivity index (χ0) is 14.0. The summed E-state index contributed by atoms with van der Waals surface area (Å²) in [6.07, 6.45) is 2.03. The molecule has 0 fully saturated rings. The van der Waals surface area contributed by atoms with Gasteiger partial charge in [0.2, 0.25) is 0 Å². The monoisotopic (exact) mass is 263 g/mol. The first kappa shape index (κ1) is 16.9. The molecule has 2 heteroatoms. The summed E-state index contributed by atoms with van der Waals surface area (Å²) in [5, 5.41) is 2.59. The highest BCUT2D eigenvalue weighted by Gasteiger charge is 1.95. The van der Waals surface area contributed by atoms with E-state index in [1.54, 1.807) is 11.9 Å². The number of fused-ring (bicyclic) bond motifs is 1. The van der Waals surface area contributed by atoms with E-state index in [4.69, 9.17) is 0 Å². The molecule has 0 saturated carbocycles. The Morgan fingerprint density at radius 1 is 0.833 bits per heavy atom. The Morgan fingerprint density at radius 2 is 1.39 bits per heavy atom. The van der Waals surface area contributed by atoms with Gasteiger partial charge in [0.25, 0.3) is 0 Å². The molecule has 18 heavy (non-hydrogen) atoms. The number of nitrogens with one attached hydrogen (secondary N) is 1. The van der Waals surface area contributed by atoms with Crippen LogP contribution < -0.4 is 4.72 Å². The lowest BCUT2D eigenvalue weighted by Crippen LogP contribution is -1.84. The molecule has 100 valence electrons. The average Bonchev–Trinajstić information content (AvgIpc) is 2.44. The van der Waals surface area contributed by atoms with Crippen molar-refractivity contribution >= 4 is 28.4 Å². The third-order valence-corrected chi connectivity index (χ3v) is 2.66. The molecule has 0 radical (unpaired) electrons. The molecule has 0 amide bonds. The maximum absolute atomic E-state index is 3.23. The van der Waals surface area contributed by atoms with Gasteiger partial charge in [-0.15, -0.1) is 0 Å². The first-order valence-corrected chi connectivity index (χ1v) is 7.81. The maximum Gasteiger partial charge on any atom is 0.0446 e. The van der Waals surface area contributed by atoms with Crippen LogP contribution in [0.25, 0.3) is 10.8 Å². The van der Waals surface area contributed by atoms with Gasteiger partial charge in [-0.25, -0.2) is 0 Å². The third-order valence-electron chi connectivity index (χ3n) is 2.22. The zero-order valence-corrected chi connectivity index (χ0v) is 13.2. The molecule has 0 spiro atoms. The van der Waals surface area contributed by atoms with Crippen LogP contribution in [0.5, 0.6) is 0 Å². The molecule has 2 aromatic rings. The Labute approximate surface area is 116 Å². The largest absolute Gasteiger partial charge is 0.330 e. The maximum atomic E-state index is 3.23. The lowest BCUT2D eigenvalue weighted by molar-refractivity contribution is 1.50. The van der Waals surface area contributed by atoms with Crippen molar-refractivity contribution in [3.05, 3.63) is 42.0 Å². The van der Waals surface area contributed by atoms with E-state index >= 15 is 0 Å². The third kappa shape index (κ3) is 5.01. The molecule has 1 N–H and O–H groups in total. The van der Waals surface area contributed by atoms with Gasteiger partial charge < -0.3 is 4.72 Å². The smallest absolute Gasteiger partial charge is 0.0446 e. The molecule has 0 aliphatic rings. The number of anilines is 1. The van der Waals surface area contributed by atoms with Crippen LogP contribution in [0.3, 0.4) is 0 Å². The van der Waals surface area contributed by atoms with Crippen molar-refractivity contribution in [2.45, 2.75) is 34.6 Å². The first-order chi connectivity index (χ1) is 8.79. The second kappa shape index (κ2) is 9.84. The Bertz CT molecular complexity index is 452. The fourth-order valence-electron chi connectivity index (χ4n) is 1.55. The van der Waals surface area contributed by atoms with Gasteiger partial charge in [0, 0.05) is 11.9 Å². The zero-order valence-electron chi connectivity index (χ0n) is 12.4. The quantitative estimate of drug-likeness (QED) is 0.678. The van der Waals surface area contributed by atoms with Crippen molar-refractivity contribution in [3.63, 3.8) is 0 Å². The minimum Gasteiger partial charge on any atom is -0.330 e. The van der Waals surface area contributed by atoms with Gasteiger partial charge in [-0.2, -0.15) is 0 Å². The van der Waals surface area contributed by atoms with E-state index < -0.39 is 0 Å². The van der Waals surface area contributed by atoms with Crippen molar-refractivity contribution in [1.29, 1.82) is 0 Å². The molecular weight excluding hydrogens is 238 g/mol. The highest BCUT2D eigenvalue weighted by atomic mass is 32.2. The van der Waals surface area contributed by atoms with Crippen LogP contribution in [0.15, 0.2) is 36.4 Å². The second-order valence-corrected chi connectivity index (χ2v) is 3.98. The van der Waals surface area contributed by atoms with Crippen molar-refractivity contribution in [3.8, 4) is 0 Å². The van der Waals surface area contributed by atoms with Crippen LogP contribution in [0, 0.1) is 6.92 Å². The van der Waals surface area contributed by atoms with Gasteiger partial charge in [-0.05, 0) is 29.8 Å². The van der Waals surface area contributed by atoms with Gasteiger partial charge >= 0.3 is 0 Å². The van der Waals surface area contributed by atoms with Crippen LogP contribution in [0.1, 0.15) is 33.3 Å². The molecule has 0 saturated heterocycles. The highest BCUT2D eigenvalue weighted by molar-refractivity contribution is 7.99. The molecule has 0 aromatic heterocycles. The van der Waals surface area contributed by atoms with Gasteiger partial charge in [-0.1, -0.05) is 69.5 Å². The standard InChI is InChI=1S/C12H13NS.2C2H6/c1-9-3-4-11-8-12(13-14-2)6-5-10(11)7-9;2*1-2/h3-8,13H,1-2H3;2*1-2H3. The number of hydrogen-bond donors (Lipinski definition) is 1. The fourth-order valence-corrected chi connectivity index (χ4v) is 1.91. The second-order valence-electron chi connectivity index (χ2n) is 3.37. The average molecular weight is 263 g/mol. The van der Waals surface area contributed by atoms with Crippen LogP contribution in [-0.2, 0) is 0 Å². The van der Waals surface area contributed by atoms with Crippen LogP contribution in [0.4, 0.5) is 5.69 Å². The first-order valence-electron chi connectivity index (χ1n) is 6.59. The molecule has 2 aromatic carbocycles. The van der Waals surface area contributed by atoms with E-state index in [1.165, 1.54) is 16.3 Å². The van der Waals surface area contributed by atoms with E-state index in [0.29, 0.717) is 0 Å². The number of aryl methyl sites for hydroxylation is 1. The van der Waals surface area contributed by atoms with E-state index in [1.807, 2.05) is 34.0 Å². The van der Waals surface area contributed by atoms with E-state index in [-0.39, 0.29) is 0 Å². The molecule has 0 heterocycles. The molecular formula is C16H25NS. The van der Waals surface area contributed by atoms with Crippen molar-refractivity contribution < 1.29 is 0 Å². The Kier molecular flexibility index (Phi) is 9.21. The van der Waals surface area contributed by atoms with Crippen LogP contribution in [0.2, 0.25) is 0 Å². The number of benzene rings is 2. The van der Waals surface area contributed by atoms with Gasteiger partial charge in [0.15, 0.2) is 0 Å². The summed E-state index contributed by atoms with van der Waals surface area (Å²) in [4.78, 5) is 0. The molecule has 1 nitrogen and oxygen atoms in total. The minimum absolute atomic E-state index is 1.16. The SMILES string of the molecule is CC.CC.CSNc1ccc2cc(C)ccc2c1. The van der Waals surface area contributed by atoms with Gasteiger partial charge in [-0.3, -0.25) is 0 Å². The minimum atomic E-state index is 1.16. The van der Waals surface area contributed by atoms with Crippen molar-refractivity contribution in [2.24, 2.45) is 0 Å². The highest BCUT2D eigenvalue weighted by Crippen LogP contribution is 2.21. The summed E-state index contributed by atoms with van der Waals surface area (Å²) < 4.78 is 3.23. The van der Waals surface area contributed by atoms with Crippen molar-refractivity contribution in [1.82, 2.24) is 0 Å².